The Balaban J connectivity index is 1.39. The number of nitrogens with one attached hydrogen (secondary N) is 1. The second-order valence-corrected chi connectivity index (χ2v) is 9.74. The van der Waals surface area contributed by atoms with Crippen molar-refractivity contribution >= 4 is 21.6 Å². The maximum atomic E-state index is 13.0. The third-order valence-electron chi connectivity index (χ3n) is 5.18. The number of H-pyrrole nitrogens is 1. The van der Waals surface area contributed by atoms with Gasteiger partial charge in [0.2, 0.25) is 10.0 Å². The summed E-state index contributed by atoms with van der Waals surface area (Å²) in [6.07, 6.45) is 2.25. The number of nitrogens with zero attached hydrogens (tertiary/aromatic N) is 2. The quantitative estimate of drug-likeness (QED) is 0.559. The van der Waals surface area contributed by atoms with Crippen LogP contribution in [-0.2, 0) is 22.2 Å². The molecule has 0 saturated carbocycles. The molecule has 2 aromatic carbocycles. The molecule has 158 valence electrons. The lowest BCUT2D eigenvalue weighted by Crippen LogP contribution is -2.31. The molecule has 1 aromatic heterocycles. The van der Waals surface area contributed by atoms with E-state index in [2.05, 4.69) is 10.2 Å². The molecule has 0 amide bonds. The highest BCUT2D eigenvalue weighted by Gasteiger charge is 2.36. The molecule has 8 heteroatoms. The first-order valence-electron chi connectivity index (χ1n) is 9.97. The molecule has 30 heavy (non-hydrogen) atoms. The van der Waals surface area contributed by atoms with E-state index in [-0.39, 0.29) is 11.8 Å². The second kappa shape index (κ2) is 9.20. The fourth-order valence-electron chi connectivity index (χ4n) is 3.75. The van der Waals surface area contributed by atoms with Crippen LogP contribution in [0.1, 0.15) is 35.8 Å². The van der Waals surface area contributed by atoms with E-state index in [0.29, 0.717) is 24.6 Å². The monoisotopic (exact) mass is 445 g/mol. The Bertz CT molecular complexity index is 1090. The molecule has 1 unspecified atom stereocenters. The molecule has 0 spiro atoms. The normalized spacial score (nSPS) is 17.3. The number of hydrogen-bond acceptors (Lipinski definition) is 4. The van der Waals surface area contributed by atoms with Crippen LogP contribution >= 0.6 is 11.6 Å². The van der Waals surface area contributed by atoms with E-state index in [1.807, 2.05) is 48.5 Å². The molecule has 0 radical (unpaired) electrons. The van der Waals surface area contributed by atoms with Gasteiger partial charge in [-0.1, -0.05) is 48.0 Å². The minimum Gasteiger partial charge on any atom is -0.493 e. The van der Waals surface area contributed by atoms with Gasteiger partial charge in [-0.15, -0.1) is 0 Å². The zero-order valence-electron chi connectivity index (χ0n) is 16.5. The van der Waals surface area contributed by atoms with E-state index in [0.717, 1.165) is 35.5 Å². The Hall–Kier alpha value is -2.35. The Labute approximate surface area is 181 Å². The van der Waals surface area contributed by atoms with Crippen LogP contribution < -0.4 is 4.74 Å². The number of hydrogen-bond donors (Lipinski definition) is 1. The fourth-order valence-corrected chi connectivity index (χ4v) is 5.72. The van der Waals surface area contributed by atoms with Gasteiger partial charge < -0.3 is 4.74 Å². The summed E-state index contributed by atoms with van der Waals surface area (Å²) in [5, 5.41) is 8.06. The number of halogens is 1. The van der Waals surface area contributed by atoms with Crippen molar-refractivity contribution in [3.63, 3.8) is 0 Å². The van der Waals surface area contributed by atoms with E-state index in [4.69, 9.17) is 16.3 Å². The molecule has 1 aliphatic rings. The Morgan fingerprint density at radius 1 is 1.13 bits per heavy atom. The van der Waals surface area contributed by atoms with Crippen LogP contribution in [0.5, 0.6) is 5.75 Å². The molecule has 1 atom stereocenters. The molecule has 1 fully saturated rings. The molecule has 4 rings (SSSR count). The lowest BCUT2D eigenvalue weighted by molar-refractivity contribution is 0.320. The lowest BCUT2D eigenvalue weighted by atomic mass is 10.1. The van der Waals surface area contributed by atoms with Crippen LogP contribution in [0.25, 0.3) is 0 Å². The van der Waals surface area contributed by atoms with Crippen molar-refractivity contribution in [2.75, 3.05) is 13.2 Å². The summed E-state index contributed by atoms with van der Waals surface area (Å²) in [6.45, 7) is 1.00. The van der Waals surface area contributed by atoms with E-state index in [1.54, 1.807) is 16.4 Å². The summed E-state index contributed by atoms with van der Waals surface area (Å²) < 4.78 is 33.3. The van der Waals surface area contributed by atoms with Crippen LogP contribution in [0.3, 0.4) is 0 Å². The molecule has 3 aromatic rings. The number of aromatic amines is 1. The summed E-state index contributed by atoms with van der Waals surface area (Å²) in [4.78, 5) is 0. The van der Waals surface area contributed by atoms with Crippen LogP contribution in [0.2, 0.25) is 5.02 Å². The largest absolute Gasteiger partial charge is 0.493 e. The van der Waals surface area contributed by atoms with Crippen molar-refractivity contribution in [2.45, 2.75) is 31.1 Å². The molecule has 2 heterocycles. The Morgan fingerprint density at radius 3 is 2.77 bits per heavy atom. The van der Waals surface area contributed by atoms with Gasteiger partial charge in [0.15, 0.2) is 0 Å². The second-order valence-electron chi connectivity index (χ2n) is 7.38. The van der Waals surface area contributed by atoms with Gasteiger partial charge in [0.05, 0.1) is 24.1 Å². The van der Waals surface area contributed by atoms with Gasteiger partial charge in [-0.05, 0) is 42.7 Å². The number of ether oxygens (including phenoxy) is 1. The first-order valence-corrected chi connectivity index (χ1v) is 12.0. The minimum absolute atomic E-state index is 0.00902. The minimum atomic E-state index is -3.42. The van der Waals surface area contributed by atoms with Crippen LogP contribution in [0.4, 0.5) is 0 Å². The van der Waals surface area contributed by atoms with Crippen molar-refractivity contribution in [1.82, 2.24) is 14.5 Å². The average Bonchev–Trinajstić information content (AvgIpc) is 3.38. The first-order chi connectivity index (χ1) is 14.5. The highest BCUT2D eigenvalue weighted by molar-refractivity contribution is 7.88. The van der Waals surface area contributed by atoms with E-state index < -0.39 is 10.0 Å². The SMILES string of the molecule is O=S(=O)(Cc1ccccc1)N1CCCC1c1cc(CCOc2cccc(Cl)c2)[nH]n1. The summed E-state index contributed by atoms with van der Waals surface area (Å²) in [6, 6.07) is 18.3. The highest BCUT2D eigenvalue weighted by Crippen LogP contribution is 2.34. The number of aromatic nitrogens is 2. The van der Waals surface area contributed by atoms with E-state index >= 15 is 0 Å². The zero-order chi connectivity index (χ0) is 21.0. The van der Waals surface area contributed by atoms with Crippen molar-refractivity contribution in [1.29, 1.82) is 0 Å². The van der Waals surface area contributed by atoms with E-state index in [1.165, 1.54) is 0 Å². The summed E-state index contributed by atoms with van der Waals surface area (Å²) in [7, 11) is -3.42. The predicted octanol–water partition coefficient (Wildman–Crippen LogP) is 4.35. The van der Waals surface area contributed by atoms with Gasteiger partial charge >= 0.3 is 0 Å². The Morgan fingerprint density at radius 2 is 1.97 bits per heavy atom. The lowest BCUT2D eigenvalue weighted by Gasteiger charge is -2.22. The van der Waals surface area contributed by atoms with Gasteiger partial charge in [-0.3, -0.25) is 5.10 Å². The standard InChI is InChI=1S/C22H24ClN3O3S/c23-18-8-4-9-20(14-18)29-13-11-19-15-21(25-24-19)22-10-5-12-26(22)30(27,28)16-17-6-2-1-3-7-17/h1-4,6-9,14-15,22H,5,10-13,16H2,(H,24,25). The highest BCUT2D eigenvalue weighted by atomic mass is 35.5. The smallest absolute Gasteiger partial charge is 0.218 e. The number of sulfonamides is 1. The van der Waals surface area contributed by atoms with Gasteiger partial charge in [0, 0.05) is 23.7 Å². The van der Waals surface area contributed by atoms with Crippen molar-refractivity contribution in [2.24, 2.45) is 0 Å². The summed E-state index contributed by atoms with van der Waals surface area (Å²) >= 11 is 5.97. The van der Waals surface area contributed by atoms with Crippen molar-refractivity contribution in [3.05, 3.63) is 82.6 Å². The Kier molecular flexibility index (Phi) is 6.41. The zero-order valence-corrected chi connectivity index (χ0v) is 18.1. The van der Waals surface area contributed by atoms with Crippen molar-refractivity contribution in [3.8, 4) is 5.75 Å². The molecular formula is C22H24ClN3O3S. The third-order valence-corrected chi connectivity index (χ3v) is 7.27. The maximum absolute atomic E-state index is 13.0. The van der Waals surface area contributed by atoms with Crippen molar-refractivity contribution < 1.29 is 13.2 Å². The molecular weight excluding hydrogens is 422 g/mol. The van der Waals surface area contributed by atoms with E-state index in [9.17, 15) is 8.42 Å². The fraction of sp³-hybridized carbons (Fsp3) is 0.318. The average molecular weight is 446 g/mol. The topological polar surface area (TPSA) is 75.3 Å². The predicted molar refractivity (Wildman–Crippen MR) is 117 cm³/mol. The molecule has 1 N–H and O–H groups in total. The molecule has 1 saturated heterocycles. The molecule has 6 nitrogen and oxygen atoms in total. The number of rotatable bonds is 8. The molecule has 0 aliphatic carbocycles. The number of benzene rings is 2. The summed E-state index contributed by atoms with van der Waals surface area (Å²) in [5.74, 6) is 0.728. The maximum Gasteiger partial charge on any atom is 0.218 e. The van der Waals surface area contributed by atoms with Gasteiger partial charge in [-0.25, -0.2) is 8.42 Å². The van der Waals surface area contributed by atoms with Crippen LogP contribution in [0, 0.1) is 0 Å². The van der Waals surface area contributed by atoms with Crippen LogP contribution in [0.15, 0.2) is 60.7 Å². The van der Waals surface area contributed by atoms with Gasteiger partial charge in [0.25, 0.3) is 0 Å². The first kappa shape index (κ1) is 20.9. The molecule has 0 bridgehead atoms. The van der Waals surface area contributed by atoms with Gasteiger partial charge in [-0.2, -0.15) is 9.40 Å². The molecule has 1 aliphatic heterocycles. The van der Waals surface area contributed by atoms with Gasteiger partial charge in [0.1, 0.15) is 5.75 Å². The third kappa shape index (κ3) is 5.03. The summed E-state index contributed by atoms with van der Waals surface area (Å²) in [5.41, 5.74) is 2.48. The van der Waals surface area contributed by atoms with Crippen LogP contribution in [-0.4, -0.2) is 36.1 Å².